The molecule has 96 valence electrons. The highest BCUT2D eigenvalue weighted by Gasteiger charge is 2.54. The van der Waals surface area contributed by atoms with Crippen molar-refractivity contribution in [3.8, 4) is 6.07 Å². The quantitative estimate of drug-likeness (QED) is 0.708. The molecular formula is C15H25NS. The highest BCUT2D eigenvalue weighted by atomic mass is 32.2. The monoisotopic (exact) mass is 251 g/mol. The van der Waals surface area contributed by atoms with Crippen LogP contribution in [0, 0.1) is 16.7 Å². The zero-order chi connectivity index (χ0) is 12.4. The van der Waals surface area contributed by atoms with Crippen LogP contribution in [0.4, 0.5) is 0 Å². The van der Waals surface area contributed by atoms with Crippen LogP contribution < -0.4 is 0 Å². The smallest absolute Gasteiger partial charge is 0.104 e. The molecule has 0 radical (unpaired) electrons. The summed E-state index contributed by atoms with van der Waals surface area (Å²) < 4.78 is -0.0198. The molecule has 2 heteroatoms. The van der Waals surface area contributed by atoms with E-state index in [1.54, 1.807) is 0 Å². The van der Waals surface area contributed by atoms with E-state index in [1.165, 1.54) is 44.9 Å². The van der Waals surface area contributed by atoms with E-state index in [9.17, 15) is 5.26 Å². The second kappa shape index (κ2) is 5.22. The number of rotatable bonds is 4. The summed E-state index contributed by atoms with van der Waals surface area (Å²) >= 11 is 2.03. The molecule has 0 aliphatic heterocycles. The average Bonchev–Trinajstić information content (AvgIpc) is 2.35. The van der Waals surface area contributed by atoms with Gasteiger partial charge in [0.2, 0.25) is 0 Å². The molecule has 0 bridgehead atoms. The fraction of sp³-hybridized carbons (Fsp3) is 0.933. The predicted molar refractivity (Wildman–Crippen MR) is 75.1 cm³/mol. The number of hydrogen-bond donors (Lipinski definition) is 0. The maximum absolute atomic E-state index is 9.52. The SMILES string of the molecule is CCC1(CC)CC(C#N)(SC2CCCCC2)C1. The zero-order valence-corrected chi connectivity index (χ0v) is 12.1. The van der Waals surface area contributed by atoms with Gasteiger partial charge in [-0.1, -0.05) is 46.0 Å². The molecule has 0 heterocycles. The third-order valence-corrected chi connectivity index (χ3v) is 6.61. The van der Waals surface area contributed by atoms with Crippen LogP contribution in [-0.4, -0.2) is 10.00 Å². The summed E-state index contributed by atoms with van der Waals surface area (Å²) in [5.74, 6) is 0. The molecule has 17 heavy (non-hydrogen) atoms. The molecule has 2 fully saturated rings. The largest absolute Gasteiger partial charge is 0.197 e. The normalized spacial score (nSPS) is 27.1. The third kappa shape index (κ3) is 2.65. The van der Waals surface area contributed by atoms with Gasteiger partial charge >= 0.3 is 0 Å². The van der Waals surface area contributed by atoms with Crippen molar-refractivity contribution < 1.29 is 0 Å². The zero-order valence-electron chi connectivity index (χ0n) is 11.3. The van der Waals surface area contributed by atoms with E-state index in [0.29, 0.717) is 5.41 Å². The first kappa shape index (κ1) is 13.3. The van der Waals surface area contributed by atoms with Gasteiger partial charge in [-0.25, -0.2) is 0 Å². The lowest BCUT2D eigenvalue weighted by atomic mass is 9.59. The van der Waals surface area contributed by atoms with Gasteiger partial charge in [0, 0.05) is 5.25 Å². The third-order valence-electron chi connectivity index (χ3n) is 4.97. The maximum Gasteiger partial charge on any atom is 0.104 e. The summed E-state index contributed by atoms with van der Waals surface area (Å²) in [5, 5.41) is 10.3. The van der Waals surface area contributed by atoms with Crippen LogP contribution in [0.1, 0.15) is 71.6 Å². The molecule has 2 aliphatic carbocycles. The molecule has 0 N–H and O–H groups in total. The van der Waals surface area contributed by atoms with Crippen molar-refractivity contribution in [3.63, 3.8) is 0 Å². The molecule has 0 unspecified atom stereocenters. The second-order valence-corrected chi connectivity index (χ2v) is 7.73. The summed E-state index contributed by atoms with van der Waals surface area (Å²) in [6, 6.07) is 2.65. The minimum atomic E-state index is -0.0198. The molecule has 2 aliphatic rings. The van der Waals surface area contributed by atoms with Crippen LogP contribution >= 0.6 is 11.8 Å². The Morgan fingerprint density at radius 2 is 1.71 bits per heavy atom. The van der Waals surface area contributed by atoms with Gasteiger partial charge < -0.3 is 0 Å². The van der Waals surface area contributed by atoms with Gasteiger partial charge in [-0.05, 0) is 31.1 Å². The van der Waals surface area contributed by atoms with Gasteiger partial charge in [0.1, 0.15) is 4.75 Å². The van der Waals surface area contributed by atoms with Crippen molar-refractivity contribution in [3.05, 3.63) is 0 Å². The summed E-state index contributed by atoms with van der Waals surface area (Å²) in [5.41, 5.74) is 0.497. The maximum atomic E-state index is 9.52. The van der Waals surface area contributed by atoms with Gasteiger partial charge in [-0.3, -0.25) is 0 Å². The predicted octanol–water partition coefficient (Wildman–Crippen LogP) is 4.91. The Labute approximate surface area is 110 Å². The molecule has 0 aromatic carbocycles. The van der Waals surface area contributed by atoms with Gasteiger partial charge in [0.15, 0.2) is 0 Å². The molecule has 2 saturated carbocycles. The second-order valence-electron chi connectivity index (χ2n) is 6.04. The summed E-state index contributed by atoms with van der Waals surface area (Å²) in [4.78, 5) is 0. The number of thioether (sulfide) groups is 1. The van der Waals surface area contributed by atoms with Crippen molar-refractivity contribution in [2.24, 2.45) is 5.41 Å². The van der Waals surface area contributed by atoms with E-state index in [2.05, 4.69) is 19.9 Å². The Morgan fingerprint density at radius 3 is 2.18 bits per heavy atom. The van der Waals surface area contributed by atoms with Crippen LogP contribution in [0.2, 0.25) is 0 Å². The van der Waals surface area contributed by atoms with Crippen molar-refractivity contribution >= 4 is 11.8 Å². The Balaban J connectivity index is 1.92. The Morgan fingerprint density at radius 1 is 1.12 bits per heavy atom. The Kier molecular flexibility index (Phi) is 4.08. The van der Waals surface area contributed by atoms with Crippen molar-refractivity contribution in [1.29, 1.82) is 5.26 Å². The fourth-order valence-corrected chi connectivity index (χ4v) is 5.64. The summed E-state index contributed by atoms with van der Waals surface area (Å²) in [6.07, 6.45) is 11.6. The number of nitrogens with zero attached hydrogens (tertiary/aromatic N) is 1. The van der Waals surface area contributed by atoms with E-state index >= 15 is 0 Å². The molecule has 0 saturated heterocycles. The first-order valence-electron chi connectivity index (χ1n) is 7.27. The van der Waals surface area contributed by atoms with E-state index in [0.717, 1.165) is 18.1 Å². The first-order chi connectivity index (χ1) is 8.17. The van der Waals surface area contributed by atoms with Crippen molar-refractivity contribution in [2.75, 3.05) is 0 Å². The van der Waals surface area contributed by atoms with Crippen LogP contribution in [0.25, 0.3) is 0 Å². The lowest BCUT2D eigenvalue weighted by molar-refractivity contribution is 0.0979. The van der Waals surface area contributed by atoms with Crippen molar-refractivity contribution in [1.82, 2.24) is 0 Å². The molecule has 2 rings (SSSR count). The van der Waals surface area contributed by atoms with E-state index in [4.69, 9.17) is 0 Å². The molecule has 0 aromatic rings. The lowest BCUT2D eigenvalue weighted by Gasteiger charge is -2.53. The van der Waals surface area contributed by atoms with E-state index in [-0.39, 0.29) is 4.75 Å². The fourth-order valence-electron chi connectivity index (χ4n) is 3.60. The average molecular weight is 251 g/mol. The molecule has 0 amide bonds. The minimum Gasteiger partial charge on any atom is -0.197 e. The topological polar surface area (TPSA) is 23.8 Å². The van der Waals surface area contributed by atoms with E-state index < -0.39 is 0 Å². The van der Waals surface area contributed by atoms with Crippen LogP contribution in [-0.2, 0) is 0 Å². The van der Waals surface area contributed by atoms with Crippen molar-refractivity contribution in [2.45, 2.75) is 81.6 Å². The molecular weight excluding hydrogens is 226 g/mol. The Bertz CT molecular complexity index is 287. The van der Waals surface area contributed by atoms with Gasteiger partial charge in [-0.15, -0.1) is 11.8 Å². The van der Waals surface area contributed by atoms with Gasteiger partial charge in [0.05, 0.1) is 6.07 Å². The van der Waals surface area contributed by atoms with Crippen LogP contribution in [0.15, 0.2) is 0 Å². The summed E-state index contributed by atoms with van der Waals surface area (Å²) in [7, 11) is 0. The minimum absolute atomic E-state index is 0.0198. The Hall–Kier alpha value is -0.160. The van der Waals surface area contributed by atoms with Gasteiger partial charge in [0.25, 0.3) is 0 Å². The number of nitriles is 1. The standard InChI is InChI=1S/C15H25NS/c1-3-14(4-2)10-15(11-14,12-16)17-13-8-6-5-7-9-13/h13H,3-11H2,1-2H3. The molecule has 0 spiro atoms. The highest BCUT2D eigenvalue weighted by molar-refractivity contribution is 8.01. The molecule has 0 aromatic heterocycles. The molecule has 0 atom stereocenters. The lowest BCUT2D eigenvalue weighted by Crippen LogP contribution is -2.49. The highest BCUT2D eigenvalue weighted by Crippen LogP contribution is 2.60. The number of hydrogen-bond acceptors (Lipinski definition) is 2. The summed E-state index contributed by atoms with van der Waals surface area (Å²) in [6.45, 7) is 4.58. The first-order valence-corrected chi connectivity index (χ1v) is 8.15. The van der Waals surface area contributed by atoms with Gasteiger partial charge in [-0.2, -0.15) is 5.26 Å². The van der Waals surface area contributed by atoms with E-state index in [1.807, 2.05) is 11.8 Å². The van der Waals surface area contributed by atoms with Crippen LogP contribution in [0.5, 0.6) is 0 Å². The molecule has 1 nitrogen and oxygen atoms in total. The van der Waals surface area contributed by atoms with Crippen LogP contribution in [0.3, 0.4) is 0 Å².